The number of ether oxygens (including phenoxy) is 3. The lowest BCUT2D eigenvalue weighted by Crippen LogP contribution is -2.40. The van der Waals surface area contributed by atoms with Crippen molar-refractivity contribution in [2.75, 3.05) is 32.6 Å². The predicted octanol–water partition coefficient (Wildman–Crippen LogP) is 3.59. The van der Waals surface area contributed by atoms with Crippen LogP contribution in [0.1, 0.15) is 42.5 Å². The van der Waals surface area contributed by atoms with Gasteiger partial charge in [-0.15, -0.1) is 0 Å². The van der Waals surface area contributed by atoms with Crippen LogP contribution in [0, 0.1) is 5.82 Å². The molecule has 1 amide bonds. The Bertz CT molecular complexity index is 1180. The Morgan fingerprint density at radius 2 is 1.77 bits per heavy atom. The van der Waals surface area contributed by atoms with Gasteiger partial charge in [0, 0.05) is 19.2 Å². The van der Waals surface area contributed by atoms with Crippen LogP contribution < -0.4 is 14.2 Å². The standard InChI is InChI=1S/C24H29FN2O7S/c1-27(16-9-5-4-6-10-16)22(28)15-34-24(29)18-13-17(14-21(32-2)23(18)33-3)35(30,31)26-20-12-8-7-11-19(20)25/h7-8,11-14,16,26H,4-6,9-10,15H2,1-3H3. The summed E-state index contributed by atoms with van der Waals surface area (Å²) in [4.78, 5) is 26.7. The lowest BCUT2D eigenvalue weighted by Gasteiger charge is -2.31. The quantitative estimate of drug-likeness (QED) is 0.515. The van der Waals surface area contributed by atoms with Gasteiger partial charge in [-0.3, -0.25) is 9.52 Å². The van der Waals surface area contributed by atoms with Crippen LogP contribution in [0.4, 0.5) is 10.1 Å². The molecular formula is C24H29FN2O7S. The van der Waals surface area contributed by atoms with E-state index in [0.29, 0.717) is 0 Å². The number of hydrogen-bond donors (Lipinski definition) is 1. The molecule has 0 radical (unpaired) electrons. The molecule has 190 valence electrons. The van der Waals surface area contributed by atoms with Gasteiger partial charge in [0.25, 0.3) is 15.9 Å². The number of anilines is 1. The van der Waals surface area contributed by atoms with Crippen molar-refractivity contribution in [1.29, 1.82) is 0 Å². The zero-order chi connectivity index (χ0) is 25.6. The molecule has 2 aromatic rings. The first-order valence-corrected chi connectivity index (χ1v) is 12.6. The molecule has 1 aliphatic carbocycles. The lowest BCUT2D eigenvalue weighted by molar-refractivity contribution is -0.135. The first-order valence-electron chi connectivity index (χ1n) is 11.1. The number of nitrogens with zero attached hydrogens (tertiary/aromatic N) is 1. The summed E-state index contributed by atoms with van der Waals surface area (Å²) in [5, 5.41) is 0. The molecule has 0 heterocycles. The molecule has 0 atom stereocenters. The third kappa shape index (κ3) is 6.21. The van der Waals surface area contributed by atoms with Crippen molar-refractivity contribution in [3.63, 3.8) is 0 Å². The summed E-state index contributed by atoms with van der Waals surface area (Å²) in [6.07, 6.45) is 5.02. The molecular weight excluding hydrogens is 479 g/mol. The van der Waals surface area contributed by atoms with Crippen LogP contribution in [0.2, 0.25) is 0 Å². The number of nitrogens with one attached hydrogen (secondary N) is 1. The number of carbonyl (C=O) groups is 2. The fourth-order valence-electron chi connectivity index (χ4n) is 3.97. The van der Waals surface area contributed by atoms with Crippen molar-refractivity contribution in [2.24, 2.45) is 0 Å². The third-order valence-electron chi connectivity index (χ3n) is 5.94. The van der Waals surface area contributed by atoms with Gasteiger partial charge >= 0.3 is 5.97 Å². The molecule has 2 aromatic carbocycles. The molecule has 0 aliphatic heterocycles. The van der Waals surface area contributed by atoms with Crippen LogP contribution in [0.25, 0.3) is 0 Å². The normalized spacial score (nSPS) is 14.2. The minimum Gasteiger partial charge on any atom is -0.493 e. The number of halogens is 1. The minimum atomic E-state index is -4.32. The van der Waals surface area contributed by atoms with E-state index < -0.39 is 28.4 Å². The highest BCUT2D eigenvalue weighted by Crippen LogP contribution is 2.35. The summed E-state index contributed by atoms with van der Waals surface area (Å²) in [6.45, 7) is -0.512. The van der Waals surface area contributed by atoms with E-state index in [4.69, 9.17) is 14.2 Å². The second kappa shape index (κ2) is 11.4. The van der Waals surface area contributed by atoms with Crippen molar-refractivity contribution < 1.29 is 36.6 Å². The number of esters is 1. The second-order valence-electron chi connectivity index (χ2n) is 8.16. The summed E-state index contributed by atoms with van der Waals surface area (Å²) in [5.41, 5.74) is -0.517. The highest BCUT2D eigenvalue weighted by Gasteiger charge is 2.27. The summed E-state index contributed by atoms with van der Waals surface area (Å²) < 4.78 is 57.7. The van der Waals surface area contributed by atoms with Gasteiger partial charge in [0.2, 0.25) is 0 Å². The maximum absolute atomic E-state index is 14.0. The van der Waals surface area contributed by atoms with E-state index in [1.807, 2.05) is 0 Å². The van der Waals surface area contributed by atoms with Crippen molar-refractivity contribution in [3.8, 4) is 11.5 Å². The average Bonchev–Trinajstić information content (AvgIpc) is 2.87. The summed E-state index contributed by atoms with van der Waals surface area (Å²) in [6, 6.07) is 7.53. The maximum atomic E-state index is 14.0. The molecule has 0 spiro atoms. The largest absolute Gasteiger partial charge is 0.493 e. The molecule has 0 bridgehead atoms. The molecule has 1 fully saturated rings. The van der Waals surface area contributed by atoms with E-state index in [1.165, 1.54) is 32.4 Å². The number of benzene rings is 2. The number of likely N-dealkylation sites (N-methyl/N-ethyl adjacent to an activating group) is 1. The van der Waals surface area contributed by atoms with Gasteiger partial charge in [-0.2, -0.15) is 0 Å². The monoisotopic (exact) mass is 508 g/mol. The molecule has 1 N–H and O–H groups in total. The van der Waals surface area contributed by atoms with Crippen molar-refractivity contribution in [3.05, 3.63) is 47.8 Å². The Balaban J connectivity index is 1.84. The van der Waals surface area contributed by atoms with E-state index in [9.17, 15) is 22.4 Å². The molecule has 9 nitrogen and oxygen atoms in total. The van der Waals surface area contributed by atoms with Crippen molar-refractivity contribution in [1.82, 2.24) is 4.90 Å². The Hall–Kier alpha value is -3.34. The van der Waals surface area contributed by atoms with Crippen LogP contribution >= 0.6 is 0 Å². The lowest BCUT2D eigenvalue weighted by atomic mass is 9.94. The van der Waals surface area contributed by atoms with Crippen LogP contribution in [-0.2, 0) is 19.6 Å². The number of rotatable bonds is 9. The number of para-hydroxylation sites is 1. The fraction of sp³-hybridized carbons (Fsp3) is 0.417. The number of hydrogen-bond acceptors (Lipinski definition) is 7. The fourth-order valence-corrected chi connectivity index (χ4v) is 5.08. The van der Waals surface area contributed by atoms with Crippen molar-refractivity contribution >= 4 is 27.6 Å². The van der Waals surface area contributed by atoms with E-state index >= 15 is 0 Å². The minimum absolute atomic E-state index is 0.0542. The van der Waals surface area contributed by atoms with Gasteiger partial charge in [-0.1, -0.05) is 31.4 Å². The van der Waals surface area contributed by atoms with Gasteiger partial charge in [0.1, 0.15) is 11.4 Å². The summed E-state index contributed by atoms with van der Waals surface area (Å²) in [5.74, 6) is -2.21. The zero-order valence-corrected chi connectivity index (χ0v) is 20.7. The van der Waals surface area contributed by atoms with E-state index in [1.54, 1.807) is 11.9 Å². The van der Waals surface area contributed by atoms with Crippen LogP contribution in [0.5, 0.6) is 11.5 Å². The molecule has 0 saturated heterocycles. The Morgan fingerprint density at radius 3 is 2.40 bits per heavy atom. The number of carbonyl (C=O) groups excluding carboxylic acids is 2. The third-order valence-corrected chi connectivity index (χ3v) is 7.29. The summed E-state index contributed by atoms with van der Waals surface area (Å²) >= 11 is 0. The van der Waals surface area contributed by atoms with E-state index in [2.05, 4.69) is 4.72 Å². The molecule has 1 saturated carbocycles. The molecule has 0 aromatic heterocycles. The maximum Gasteiger partial charge on any atom is 0.342 e. The van der Waals surface area contributed by atoms with E-state index in [0.717, 1.165) is 50.3 Å². The number of amides is 1. The predicted molar refractivity (Wildman–Crippen MR) is 127 cm³/mol. The van der Waals surface area contributed by atoms with Gasteiger partial charge in [-0.25, -0.2) is 17.6 Å². The first-order chi connectivity index (χ1) is 16.7. The number of sulfonamides is 1. The topological polar surface area (TPSA) is 111 Å². The molecule has 1 aliphatic rings. The van der Waals surface area contributed by atoms with Crippen molar-refractivity contribution in [2.45, 2.75) is 43.0 Å². The smallest absolute Gasteiger partial charge is 0.342 e. The summed E-state index contributed by atoms with van der Waals surface area (Å²) in [7, 11) is -0.0850. The highest BCUT2D eigenvalue weighted by molar-refractivity contribution is 7.92. The van der Waals surface area contributed by atoms with Gasteiger partial charge < -0.3 is 19.1 Å². The second-order valence-corrected chi connectivity index (χ2v) is 9.85. The molecule has 35 heavy (non-hydrogen) atoms. The molecule has 3 rings (SSSR count). The molecule has 0 unspecified atom stereocenters. The SMILES string of the molecule is COc1cc(S(=O)(=O)Nc2ccccc2F)cc(C(=O)OCC(=O)N(C)C2CCCCC2)c1OC. The Morgan fingerprint density at radius 1 is 1.09 bits per heavy atom. The van der Waals surface area contributed by atoms with Gasteiger partial charge in [0.15, 0.2) is 18.1 Å². The van der Waals surface area contributed by atoms with E-state index in [-0.39, 0.29) is 39.6 Å². The Kier molecular flexibility index (Phi) is 8.55. The average molecular weight is 509 g/mol. The van der Waals surface area contributed by atoms with Crippen LogP contribution in [-0.4, -0.2) is 59.1 Å². The van der Waals surface area contributed by atoms with Gasteiger partial charge in [0.05, 0.1) is 24.8 Å². The van der Waals surface area contributed by atoms with Crippen LogP contribution in [0.15, 0.2) is 41.3 Å². The zero-order valence-electron chi connectivity index (χ0n) is 19.9. The highest BCUT2D eigenvalue weighted by atomic mass is 32.2. The first kappa shape index (κ1) is 26.3. The molecule has 11 heteroatoms. The van der Waals surface area contributed by atoms with Crippen LogP contribution in [0.3, 0.4) is 0 Å². The van der Waals surface area contributed by atoms with Gasteiger partial charge in [-0.05, 0) is 31.0 Å². The number of methoxy groups -OCH3 is 2. The Labute approximate surface area is 204 Å².